The molecule has 0 aliphatic rings. The highest BCUT2D eigenvalue weighted by Crippen LogP contribution is 2.37. The van der Waals surface area contributed by atoms with Crippen molar-refractivity contribution in [2.24, 2.45) is 0 Å². The van der Waals surface area contributed by atoms with Crippen molar-refractivity contribution >= 4 is 11.7 Å². The van der Waals surface area contributed by atoms with Gasteiger partial charge in [-0.25, -0.2) is 0 Å². The number of esters is 1. The van der Waals surface area contributed by atoms with Crippen molar-refractivity contribution in [1.82, 2.24) is 0 Å². The number of carbonyl (C=O) groups excluding carboxylic acids is 1. The number of rotatable bonds is 5. The molecule has 0 amide bonds. The number of ether oxygens (including phenoxy) is 3. The van der Waals surface area contributed by atoms with Gasteiger partial charge in [-0.05, 0) is 19.4 Å². The lowest BCUT2D eigenvalue weighted by Crippen LogP contribution is -2.17. The Morgan fingerprint density at radius 1 is 1.37 bits per heavy atom. The highest BCUT2D eigenvalue weighted by atomic mass is 16.5. The maximum atomic E-state index is 10.9. The predicted octanol–water partition coefficient (Wildman–Crippen LogP) is 2.09. The summed E-state index contributed by atoms with van der Waals surface area (Å²) in [6.45, 7) is 5.13. The largest absolute Gasteiger partial charge is 0.493 e. The normalized spacial score (nSPS) is 11.8. The molecule has 1 rings (SSSR count). The summed E-state index contributed by atoms with van der Waals surface area (Å²) < 4.78 is 15.7. The fourth-order valence-corrected chi connectivity index (χ4v) is 2.12. The monoisotopic (exact) mass is 267 g/mol. The summed E-state index contributed by atoms with van der Waals surface area (Å²) in [4.78, 5) is 10.9. The van der Waals surface area contributed by atoms with Crippen LogP contribution in [0.2, 0.25) is 0 Å². The van der Waals surface area contributed by atoms with E-state index in [1.807, 2.05) is 13.8 Å². The van der Waals surface area contributed by atoms with Crippen LogP contribution in [-0.2, 0) is 16.0 Å². The van der Waals surface area contributed by atoms with Crippen molar-refractivity contribution in [3.63, 3.8) is 0 Å². The molecule has 2 N–H and O–H groups in total. The van der Waals surface area contributed by atoms with Crippen LogP contribution in [0, 0.1) is 6.92 Å². The van der Waals surface area contributed by atoms with Crippen LogP contribution in [0.5, 0.6) is 11.5 Å². The number of hydrogen-bond acceptors (Lipinski definition) is 5. The third-order valence-corrected chi connectivity index (χ3v) is 2.93. The fourth-order valence-electron chi connectivity index (χ4n) is 2.12. The van der Waals surface area contributed by atoms with Crippen LogP contribution in [-0.4, -0.2) is 26.3 Å². The van der Waals surface area contributed by atoms with Gasteiger partial charge in [-0.1, -0.05) is 0 Å². The molecule has 0 aliphatic heterocycles. The minimum Gasteiger partial charge on any atom is -0.493 e. The summed E-state index contributed by atoms with van der Waals surface area (Å²) in [6, 6.07) is 1.72. The van der Waals surface area contributed by atoms with E-state index in [1.165, 1.54) is 6.92 Å². The molecule has 1 aromatic carbocycles. The summed E-state index contributed by atoms with van der Waals surface area (Å²) in [5.74, 6) is 0.951. The Morgan fingerprint density at radius 3 is 2.47 bits per heavy atom. The molecule has 0 aliphatic carbocycles. The van der Waals surface area contributed by atoms with E-state index in [4.69, 9.17) is 19.9 Å². The molecule has 5 heteroatoms. The van der Waals surface area contributed by atoms with Crippen LogP contribution in [0.4, 0.5) is 5.69 Å². The quantitative estimate of drug-likeness (QED) is 0.653. The third-order valence-electron chi connectivity index (χ3n) is 2.93. The Bertz CT molecular complexity index is 471. The molecule has 0 radical (unpaired) electrons. The fraction of sp³-hybridized carbons (Fsp3) is 0.500. The molecule has 1 aromatic rings. The average molecular weight is 267 g/mol. The van der Waals surface area contributed by atoms with Gasteiger partial charge in [0.2, 0.25) is 0 Å². The van der Waals surface area contributed by atoms with Crippen molar-refractivity contribution < 1.29 is 19.0 Å². The molecule has 0 heterocycles. The first-order valence-electron chi connectivity index (χ1n) is 6.07. The van der Waals surface area contributed by atoms with E-state index in [0.29, 0.717) is 23.6 Å². The van der Waals surface area contributed by atoms with E-state index in [1.54, 1.807) is 20.3 Å². The first-order valence-corrected chi connectivity index (χ1v) is 6.07. The summed E-state index contributed by atoms with van der Waals surface area (Å²) in [5, 5.41) is 0. The number of nitrogen functional groups attached to an aromatic ring is 1. The van der Waals surface area contributed by atoms with Gasteiger partial charge < -0.3 is 19.9 Å². The Labute approximate surface area is 113 Å². The molecule has 1 unspecified atom stereocenters. The summed E-state index contributed by atoms with van der Waals surface area (Å²) in [6.07, 6.45) is 0.300. The lowest BCUT2D eigenvalue weighted by molar-refractivity contribution is -0.145. The Hall–Kier alpha value is -1.91. The molecule has 19 heavy (non-hydrogen) atoms. The number of carbonyl (C=O) groups is 1. The minimum atomic E-state index is -0.302. The topological polar surface area (TPSA) is 70.8 Å². The van der Waals surface area contributed by atoms with E-state index in [-0.39, 0.29) is 12.1 Å². The second-order valence-electron chi connectivity index (χ2n) is 4.43. The Morgan fingerprint density at radius 2 is 2.00 bits per heavy atom. The van der Waals surface area contributed by atoms with Crippen LogP contribution in [0.3, 0.4) is 0 Å². The number of benzene rings is 1. The van der Waals surface area contributed by atoms with Gasteiger partial charge in [-0.3, -0.25) is 4.79 Å². The van der Waals surface area contributed by atoms with E-state index in [2.05, 4.69) is 0 Å². The second kappa shape index (κ2) is 6.31. The van der Waals surface area contributed by atoms with Gasteiger partial charge >= 0.3 is 5.97 Å². The maximum Gasteiger partial charge on any atom is 0.302 e. The molecule has 0 saturated heterocycles. The summed E-state index contributed by atoms with van der Waals surface area (Å²) >= 11 is 0. The molecular weight excluding hydrogens is 246 g/mol. The number of methoxy groups -OCH3 is 2. The number of nitrogens with two attached hydrogens (primary N) is 1. The van der Waals surface area contributed by atoms with Crippen LogP contribution in [0.15, 0.2) is 6.07 Å². The average Bonchev–Trinajstić information content (AvgIpc) is 2.32. The molecule has 0 saturated carbocycles. The van der Waals surface area contributed by atoms with Crippen LogP contribution >= 0.6 is 0 Å². The highest BCUT2D eigenvalue weighted by Gasteiger charge is 2.18. The van der Waals surface area contributed by atoms with Gasteiger partial charge in [0, 0.05) is 30.7 Å². The highest BCUT2D eigenvalue weighted by molar-refractivity contribution is 5.66. The van der Waals surface area contributed by atoms with Crippen LogP contribution in [0.25, 0.3) is 0 Å². The van der Waals surface area contributed by atoms with Crippen LogP contribution in [0.1, 0.15) is 25.0 Å². The predicted molar refractivity (Wildman–Crippen MR) is 73.6 cm³/mol. The van der Waals surface area contributed by atoms with Gasteiger partial charge in [0.1, 0.15) is 6.10 Å². The molecular formula is C14H21NO4. The number of anilines is 1. The van der Waals surface area contributed by atoms with Gasteiger partial charge in [0.25, 0.3) is 0 Å². The lowest BCUT2D eigenvalue weighted by Gasteiger charge is -2.19. The SMILES string of the molecule is COc1cc(N)c(CC(C)OC(C)=O)c(C)c1OC. The first-order chi connectivity index (χ1) is 8.90. The smallest absolute Gasteiger partial charge is 0.302 e. The van der Waals surface area contributed by atoms with E-state index >= 15 is 0 Å². The van der Waals surface area contributed by atoms with Crippen LogP contribution < -0.4 is 15.2 Å². The van der Waals surface area contributed by atoms with E-state index < -0.39 is 0 Å². The van der Waals surface area contributed by atoms with E-state index in [9.17, 15) is 4.79 Å². The van der Waals surface area contributed by atoms with Crippen molar-refractivity contribution in [2.75, 3.05) is 20.0 Å². The molecule has 0 spiro atoms. The molecule has 0 fully saturated rings. The standard InChI is InChI=1S/C14H21NO4/c1-8(19-10(3)16)6-11-9(2)14(18-5)13(17-4)7-12(11)15/h7-8H,6,15H2,1-5H3. The molecule has 106 valence electrons. The Kier molecular flexibility index (Phi) is 5.03. The van der Waals surface area contributed by atoms with Crippen molar-refractivity contribution in [2.45, 2.75) is 33.3 Å². The summed E-state index contributed by atoms with van der Waals surface area (Å²) in [5.41, 5.74) is 8.44. The Balaban J connectivity index is 3.10. The van der Waals surface area contributed by atoms with Crippen molar-refractivity contribution in [1.29, 1.82) is 0 Å². The molecule has 5 nitrogen and oxygen atoms in total. The minimum absolute atomic E-state index is 0.239. The second-order valence-corrected chi connectivity index (χ2v) is 4.43. The number of hydrogen-bond donors (Lipinski definition) is 1. The molecule has 0 aromatic heterocycles. The van der Waals surface area contributed by atoms with Gasteiger partial charge in [-0.2, -0.15) is 0 Å². The van der Waals surface area contributed by atoms with Crippen molar-refractivity contribution in [3.05, 3.63) is 17.2 Å². The van der Waals surface area contributed by atoms with Gasteiger partial charge in [0.05, 0.1) is 14.2 Å². The van der Waals surface area contributed by atoms with Gasteiger partial charge in [-0.15, -0.1) is 0 Å². The zero-order valence-electron chi connectivity index (χ0n) is 12.1. The third kappa shape index (κ3) is 3.53. The zero-order chi connectivity index (χ0) is 14.6. The maximum absolute atomic E-state index is 10.9. The first kappa shape index (κ1) is 15.1. The van der Waals surface area contributed by atoms with Crippen molar-refractivity contribution in [3.8, 4) is 11.5 Å². The zero-order valence-corrected chi connectivity index (χ0v) is 12.1. The molecule has 1 atom stereocenters. The lowest BCUT2D eigenvalue weighted by atomic mass is 9.99. The summed E-state index contributed by atoms with van der Waals surface area (Å²) in [7, 11) is 3.15. The van der Waals surface area contributed by atoms with Gasteiger partial charge in [0.15, 0.2) is 11.5 Å². The van der Waals surface area contributed by atoms with E-state index in [0.717, 1.165) is 11.1 Å². The molecule has 0 bridgehead atoms.